The van der Waals surface area contributed by atoms with E-state index in [1.165, 1.54) is 18.9 Å². The molecule has 0 amide bonds. The SMILES string of the molecule is COc1cc2nc(Cc3ccc(-n4cc(F)c(Cl)n4)nc3)[nH]c(=O)c2cc1OC. The highest BCUT2D eigenvalue weighted by atomic mass is 35.5. The Kier molecular flexibility index (Phi) is 4.89. The molecule has 1 N–H and O–H groups in total. The Hall–Kier alpha value is -3.46. The summed E-state index contributed by atoms with van der Waals surface area (Å²) < 4.78 is 25.1. The number of hydrogen-bond acceptors (Lipinski definition) is 6. The van der Waals surface area contributed by atoms with Gasteiger partial charge in [-0.3, -0.25) is 4.79 Å². The average molecular weight is 416 g/mol. The van der Waals surface area contributed by atoms with Crippen LogP contribution in [0.2, 0.25) is 5.15 Å². The first-order chi connectivity index (χ1) is 14.0. The molecule has 1 aromatic carbocycles. The Balaban J connectivity index is 1.64. The molecule has 10 heteroatoms. The van der Waals surface area contributed by atoms with Gasteiger partial charge in [-0.25, -0.2) is 19.0 Å². The summed E-state index contributed by atoms with van der Waals surface area (Å²) in [5.41, 5.74) is 1.01. The number of aromatic amines is 1. The highest BCUT2D eigenvalue weighted by Gasteiger charge is 2.12. The van der Waals surface area contributed by atoms with E-state index in [0.29, 0.717) is 40.5 Å². The smallest absolute Gasteiger partial charge is 0.258 e. The Bertz CT molecular complexity index is 1230. The molecule has 0 saturated carbocycles. The number of nitrogens with zero attached hydrogens (tertiary/aromatic N) is 4. The van der Waals surface area contributed by atoms with Gasteiger partial charge in [0.1, 0.15) is 5.82 Å². The normalized spacial score (nSPS) is 11.0. The van der Waals surface area contributed by atoms with Gasteiger partial charge in [-0.1, -0.05) is 17.7 Å². The van der Waals surface area contributed by atoms with Crippen LogP contribution in [-0.4, -0.2) is 39.0 Å². The van der Waals surface area contributed by atoms with E-state index in [1.807, 2.05) is 0 Å². The van der Waals surface area contributed by atoms with Crippen LogP contribution in [-0.2, 0) is 6.42 Å². The summed E-state index contributed by atoms with van der Waals surface area (Å²) in [6.07, 6.45) is 3.09. The molecule has 0 aliphatic carbocycles. The number of fused-ring (bicyclic) bond motifs is 1. The molecule has 148 valence electrons. The molecule has 29 heavy (non-hydrogen) atoms. The van der Waals surface area contributed by atoms with Gasteiger partial charge < -0.3 is 14.5 Å². The van der Waals surface area contributed by atoms with Crippen molar-refractivity contribution < 1.29 is 13.9 Å². The molecule has 0 aliphatic rings. The van der Waals surface area contributed by atoms with E-state index >= 15 is 0 Å². The van der Waals surface area contributed by atoms with E-state index in [1.54, 1.807) is 30.5 Å². The van der Waals surface area contributed by atoms with Crippen molar-refractivity contribution in [2.75, 3.05) is 14.2 Å². The number of nitrogens with one attached hydrogen (secondary N) is 1. The fourth-order valence-corrected chi connectivity index (χ4v) is 3.03. The van der Waals surface area contributed by atoms with Crippen molar-refractivity contribution in [3.63, 3.8) is 0 Å². The summed E-state index contributed by atoms with van der Waals surface area (Å²) in [4.78, 5) is 24.0. The van der Waals surface area contributed by atoms with Crippen LogP contribution in [0.4, 0.5) is 4.39 Å². The largest absolute Gasteiger partial charge is 0.493 e. The number of aromatic nitrogens is 5. The quantitative estimate of drug-likeness (QED) is 0.538. The molecule has 0 atom stereocenters. The number of benzene rings is 1. The van der Waals surface area contributed by atoms with E-state index < -0.39 is 5.82 Å². The second-order valence-corrected chi connectivity index (χ2v) is 6.51. The lowest BCUT2D eigenvalue weighted by Gasteiger charge is -2.09. The zero-order valence-corrected chi connectivity index (χ0v) is 16.2. The molecule has 0 saturated heterocycles. The Morgan fingerprint density at radius 1 is 1.21 bits per heavy atom. The van der Waals surface area contributed by atoms with Gasteiger partial charge in [0.05, 0.1) is 31.3 Å². The van der Waals surface area contributed by atoms with Gasteiger partial charge in [-0.2, -0.15) is 5.10 Å². The number of rotatable bonds is 5. The number of H-pyrrole nitrogens is 1. The third kappa shape index (κ3) is 3.64. The summed E-state index contributed by atoms with van der Waals surface area (Å²) >= 11 is 5.63. The standard InChI is InChI=1S/C19H15ClFN5O3/c1-28-14-6-11-13(7-15(14)29-2)23-16(24-19(11)27)5-10-3-4-17(22-8-10)26-9-12(21)18(20)25-26/h3-4,6-9H,5H2,1-2H3,(H,23,24,27). The maximum atomic E-state index is 13.4. The zero-order chi connectivity index (χ0) is 20.5. The van der Waals surface area contributed by atoms with E-state index in [2.05, 4.69) is 20.1 Å². The average Bonchev–Trinajstić information content (AvgIpc) is 3.06. The van der Waals surface area contributed by atoms with Crippen LogP contribution in [0.3, 0.4) is 0 Å². The zero-order valence-electron chi connectivity index (χ0n) is 15.4. The maximum Gasteiger partial charge on any atom is 0.258 e. The molecule has 4 aromatic rings. The van der Waals surface area contributed by atoms with Crippen molar-refractivity contribution in [1.29, 1.82) is 0 Å². The van der Waals surface area contributed by atoms with Gasteiger partial charge in [0.2, 0.25) is 0 Å². The van der Waals surface area contributed by atoms with Gasteiger partial charge in [-0.15, -0.1) is 0 Å². The number of halogens is 2. The molecular weight excluding hydrogens is 401 g/mol. The first-order valence-electron chi connectivity index (χ1n) is 8.49. The summed E-state index contributed by atoms with van der Waals surface area (Å²) in [7, 11) is 3.02. The monoisotopic (exact) mass is 415 g/mol. The van der Waals surface area contributed by atoms with Crippen LogP contribution < -0.4 is 15.0 Å². The van der Waals surface area contributed by atoms with Gasteiger partial charge in [-0.05, 0) is 17.7 Å². The summed E-state index contributed by atoms with van der Waals surface area (Å²) in [5.74, 6) is 1.20. The summed E-state index contributed by atoms with van der Waals surface area (Å²) in [5, 5.41) is 4.01. The highest BCUT2D eigenvalue weighted by Crippen LogP contribution is 2.30. The van der Waals surface area contributed by atoms with Crippen molar-refractivity contribution in [1.82, 2.24) is 24.7 Å². The molecule has 4 rings (SSSR count). The maximum absolute atomic E-state index is 13.4. The molecule has 0 fully saturated rings. The number of ether oxygens (including phenoxy) is 2. The predicted octanol–water partition coefficient (Wildman–Crippen LogP) is 2.90. The number of hydrogen-bond donors (Lipinski definition) is 1. The predicted molar refractivity (Wildman–Crippen MR) is 105 cm³/mol. The Labute approximate surface area is 168 Å². The van der Waals surface area contributed by atoms with Crippen LogP contribution >= 0.6 is 11.6 Å². The molecule has 0 aliphatic heterocycles. The topological polar surface area (TPSA) is 94.9 Å². The van der Waals surface area contributed by atoms with Gasteiger partial charge >= 0.3 is 0 Å². The first kappa shape index (κ1) is 18.9. The molecular formula is C19H15ClFN5O3. The number of pyridine rings is 1. The Morgan fingerprint density at radius 3 is 2.59 bits per heavy atom. The van der Waals surface area contributed by atoms with E-state index in [-0.39, 0.29) is 10.7 Å². The summed E-state index contributed by atoms with van der Waals surface area (Å²) in [6.45, 7) is 0. The lowest BCUT2D eigenvalue weighted by molar-refractivity contribution is 0.355. The molecule has 8 nitrogen and oxygen atoms in total. The van der Waals surface area contributed by atoms with Crippen LogP contribution in [0.25, 0.3) is 16.7 Å². The van der Waals surface area contributed by atoms with Crippen molar-refractivity contribution in [3.8, 4) is 17.3 Å². The molecule has 0 bridgehead atoms. The van der Waals surface area contributed by atoms with Gasteiger partial charge in [0.15, 0.2) is 28.3 Å². The van der Waals surface area contributed by atoms with Crippen LogP contribution in [0.15, 0.2) is 41.5 Å². The molecule has 3 aromatic heterocycles. The minimum Gasteiger partial charge on any atom is -0.493 e. The van der Waals surface area contributed by atoms with Gasteiger partial charge in [0, 0.05) is 18.7 Å². The van der Waals surface area contributed by atoms with Crippen LogP contribution in [0.5, 0.6) is 11.5 Å². The van der Waals surface area contributed by atoms with Crippen molar-refractivity contribution >= 4 is 22.5 Å². The minimum atomic E-state index is -0.623. The van der Waals surface area contributed by atoms with Crippen molar-refractivity contribution in [3.05, 3.63) is 69.4 Å². The molecule has 0 unspecified atom stereocenters. The lowest BCUT2D eigenvalue weighted by Crippen LogP contribution is -2.13. The van der Waals surface area contributed by atoms with Gasteiger partial charge in [0.25, 0.3) is 5.56 Å². The Morgan fingerprint density at radius 2 is 1.97 bits per heavy atom. The second kappa shape index (κ2) is 7.51. The number of methoxy groups -OCH3 is 2. The summed E-state index contributed by atoms with van der Waals surface area (Å²) in [6, 6.07) is 6.71. The highest BCUT2D eigenvalue weighted by molar-refractivity contribution is 6.29. The van der Waals surface area contributed by atoms with Crippen molar-refractivity contribution in [2.24, 2.45) is 0 Å². The molecule has 0 radical (unpaired) electrons. The van der Waals surface area contributed by atoms with Crippen LogP contribution in [0.1, 0.15) is 11.4 Å². The fourth-order valence-electron chi connectivity index (χ4n) is 2.90. The van der Waals surface area contributed by atoms with Crippen LogP contribution in [0, 0.1) is 5.82 Å². The third-order valence-corrected chi connectivity index (χ3v) is 4.56. The minimum absolute atomic E-state index is 0.221. The molecule has 0 spiro atoms. The van der Waals surface area contributed by atoms with E-state index in [0.717, 1.165) is 11.8 Å². The lowest BCUT2D eigenvalue weighted by atomic mass is 10.1. The third-order valence-electron chi connectivity index (χ3n) is 4.30. The van der Waals surface area contributed by atoms with E-state index in [4.69, 9.17) is 21.1 Å². The first-order valence-corrected chi connectivity index (χ1v) is 8.87. The van der Waals surface area contributed by atoms with E-state index in [9.17, 15) is 9.18 Å². The van der Waals surface area contributed by atoms with Crippen molar-refractivity contribution in [2.45, 2.75) is 6.42 Å². The fraction of sp³-hybridized carbons (Fsp3) is 0.158. The second-order valence-electron chi connectivity index (χ2n) is 6.15. The molecule has 3 heterocycles.